The Morgan fingerprint density at radius 2 is 1.80 bits per heavy atom. The highest BCUT2D eigenvalue weighted by Crippen LogP contribution is 2.30. The zero-order valence-corrected chi connectivity index (χ0v) is 16.0. The van der Waals surface area contributed by atoms with E-state index in [2.05, 4.69) is 28.9 Å². The van der Waals surface area contributed by atoms with Crippen molar-refractivity contribution in [2.45, 2.75) is 52.4 Å². The van der Waals surface area contributed by atoms with Crippen LogP contribution in [0.25, 0.3) is 0 Å². The quantitative estimate of drug-likeness (QED) is 0.705. The first-order valence-corrected chi connectivity index (χ1v) is 10.3. The van der Waals surface area contributed by atoms with Crippen LogP contribution in [0, 0.1) is 11.8 Å². The van der Waals surface area contributed by atoms with Gasteiger partial charge in [0.15, 0.2) is 5.78 Å². The Balaban J connectivity index is 1.45. The first-order chi connectivity index (χ1) is 12.2. The number of ketones is 1. The summed E-state index contributed by atoms with van der Waals surface area (Å²) in [4.78, 5) is 17.0. The van der Waals surface area contributed by atoms with Crippen molar-refractivity contribution in [1.29, 1.82) is 0 Å². The lowest BCUT2D eigenvalue weighted by Gasteiger charge is -2.37. The van der Waals surface area contributed by atoms with Crippen molar-refractivity contribution in [3.05, 3.63) is 29.8 Å². The summed E-state index contributed by atoms with van der Waals surface area (Å²) in [6.45, 7) is 10.0. The van der Waals surface area contributed by atoms with Crippen LogP contribution >= 0.6 is 0 Å². The highest BCUT2D eigenvalue weighted by atomic mass is 16.1. The molecule has 0 spiro atoms. The summed E-state index contributed by atoms with van der Waals surface area (Å²) in [7, 11) is 0. The third-order valence-electron chi connectivity index (χ3n) is 6.22. The summed E-state index contributed by atoms with van der Waals surface area (Å²) in [5.74, 6) is 2.16. The lowest BCUT2D eigenvalue weighted by Crippen LogP contribution is -2.47. The van der Waals surface area contributed by atoms with E-state index in [4.69, 9.17) is 0 Å². The minimum absolute atomic E-state index is 0.238. The Morgan fingerprint density at radius 1 is 1.08 bits per heavy atom. The Hall–Kier alpha value is -1.35. The highest BCUT2D eigenvalue weighted by Gasteiger charge is 2.21. The van der Waals surface area contributed by atoms with Gasteiger partial charge in [0.1, 0.15) is 0 Å². The molecule has 0 radical (unpaired) electrons. The Bertz CT molecular complexity index is 555. The Morgan fingerprint density at radius 3 is 2.48 bits per heavy atom. The van der Waals surface area contributed by atoms with E-state index in [0.29, 0.717) is 6.42 Å². The molecule has 0 N–H and O–H groups in total. The minimum atomic E-state index is 0.238. The fourth-order valence-electron chi connectivity index (χ4n) is 4.29. The summed E-state index contributed by atoms with van der Waals surface area (Å²) in [6, 6.07) is 8.18. The molecule has 1 heterocycles. The molecule has 3 heteroatoms. The van der Waals surface area contributed by atoms with Crippen molar-refractivity contribution in [2.75, 3.05) is 37.6 Å². The van der Waals surface area contributed by atoms with Crippen LogP contribution in [0.5, 0.6) is 0 Å². The van der Waals surface area contributed by atoms with Crippen LogP contribution in [-0.4, -0.2) is 43.4 Å². The van der Waals surface area contributed by atoms with Crippen LogP contribution in [0.15, 0.2) is 24.3 Å². The molecule has 3 rings (SSSR count). The number of piperazine rings is 1. The molecular formula is C22H34N2O. The second-order valence-electron chi connectivity index (χ2n) is 8.07. The molecule has 2 aliphatic rings. The van der Waals surface area contributed by atoms with Crippen molar-refractivity contribution in [1.82, 2.24) is 4.90 Å². The fraction of sp³-hybridized carbons (Fsp3) is 0.682. The van der Waals surface area contributed by atoms with Crippen molar-refractivity contribution in [3.8, 4) is 0 Å². The standard InChI is InChI=1S/C22H34N2O/c1-3-22(25)20-5-4-6-21(17-20)24-15-13-23(14-16-24)12-11-19-9-7-18(2)8-10-19/h4-6,17-19H,3,7-16H2,1-2H3. The van der Waals surface area contributed by atoms with Crippen molar-refractivity contribution >= 4 is 11.5 Å². The SMILES string of the molecule is CCC(=O)c1cccc(N2CCN(CCC3CCC(C)CC3)CC2)c1. The van der Waals surface area contributed by atoms with Gasteiger partial charge in [-0.15, -0.1) is 0 Å². The molecule has 0 amide bonds. The number of hydrogen-bond donors (Lipinski definition) is 0. The molecule has 2 fully saturated rings. The predicted molar refractivity (Wildman–Crippen MR) is 105 cm³/mol. The molecule has 0 unspecified atom stereocenters. The maximum atomic E-state index is 11.9. The molecule has 1 aliphatic heterocycles. The number of hydrogen-bond acceptors (Lipinski definition) is 3. The first-order valence-electron chi connectivity index (χ1n) is 10.3. The maximum Gasteiger partial charge on any atom is 0.162 e. The third-order valence-corrected chi connectivity index (χ3v) is 6.22. The largest absolute Gasteiger partial charge is 0.369 e. The van der Waals surface area contributed by atoms with E-state index in [1.165, 1.54) is 44.3 Å². The molecule has 0 aromatic heterocycles. The van der Waals surface area contributed by atoms with Gasteiger partial charge in [-0.2, -0.15) is 0 Å². The van der Waals surface area contributed by atoms with Gasteiger partial charge in [-0.25, -0.2) is 0 Å². The van der Waals surface area contributed by atoms with Crippen LogP contribution < -0.4 is 4.90 Å². The van der Waals surface area contributed by atoms with Gasteiger partial charge in [-0.3, -0.25) is 9.69 Å². The number of Topliss-reactive ketones (excluding diaryl/α,β-unsaturated/α-hetero) is 1. The normalized spacial score (nSPS) is 25.1. The number of carbonyl (C=O) groups excluding carboxylic acids is 1. The van der Waals surface area contributed by atoms with Crippen LogP contribution in [0.2, 0.25) is 0 Å². The first kappa shape index (κ1) is 18.4. The molecule has 1 aliphatic carbocycles. The van der Waals surface area contributed by atoms with Gasteiger partial charge in [-0.05, 0) is 36.9 Å². The molecule has 1 saturated carbocycles. The second kappa shape index (κ2) is 8.84. The number of carbonyl (C=O) groups is 1. The van der Waals surface area contributed by atoms with E-state index in [-0.39, 0.29) is 5.78 Å². The molecule has 1 aromatic carbocycles. The van der Waals surface area contributed by atoms with E-state index in [1.807, 2.05) is 19.1 Å². The molecule has 25 heavy (non-hydrogen) atoms. The monoisotopic (exact) mass is 342 g/mol. The number of benzene rings is 1. The van der Waals surface area contributed by atoms with E-state index < -0.39 is 0 Å². The molecule has 138 valence electrons. The highest BCUT2D eigenvalue weighted by molar-refractivity contribution is 5.96. The van der Waals surface area contributed by atoms with Crippen LogP contribution in [0.4, 0.5) is 5.69 Å². The number of nitrogens with zero attached hydrogens (tertiary/aromatic N) is 2. The van der Waals surface area contributed by atoms with Crippen molar-refractivity contribution < 1.29 is 4.79 Å². The smallest absolute Gasteiger partial charge is 0.162 e. The van der Waals surface area contributed by atoms with E-state index in [1.54, 1.807) is 0 Å². The predicted octanol–water partition coefficient (Wildman–Crippen LogP) is 4.62. The molecule has 1 saturated heterocycles. The van der Waals surface area contributed by atoms with Gasteiger partial charge in [0.05, 0.1) is 0 Å². The van der Waals surface area contributed by atoms with Crippen molar-refractivity contribution in [2.24, 2.45) is 11.8 Å². The van der Waals surface area contributed by atoms with Gasteiger partial charge in [0.25, 0.3) is 0 Å². The number of anilines is 1. The van der Waals surface area contributed by atoms with Crippen LogP contribution in [-0.2, 0) is 0 Å². The lowest BCUT2D eigenvalue weighted by atomic mass is 9.81. The molecule has 0 bridgehead atoms. The maximum absolute atomic E-state index is 11.9. The Labute approximate surface area is 153 Å². The lowest BCUT2D eigenvalue weighted by molar-refractivity contribution is 0.0988. The molecule has 3 nitrogen and oxygen atoms in total. The van der Waals surface area contributed by atoms with Gasteiger partial charge in [0, 0.05) is 43.9 Å². The van der Waals surface area contributed by atoms with Gasteiger partial charge < -0.3 is 4.90 Å². The summed E-state index contributed by atoms with van der Waals surface area (Å²) in [5.41, 5.74) is 2.06. The molecule has 0 atom stereocenters. The van der Waals surface area contributed by atoms with E-state index >= 15 is 0 Å². The number of rotatable bonds is 6. The topological polar surface area (TPSA) is 23.6 Å². The average molecular weight is 343 g/mol. The van der Waals surface area contributed by atoms with Crippen LogP contribution in [0.1, 0.15) is 62.7 Å². The van der Waals surface area contributed by atoms with Gasteiger partial charge in [-0.1, -0.05) is 51.7 Å². The summed E-state index contributed by atoms with van der Waals surface area (Å²) < 4.78 is 0. The Kier molecular flexibility index (Phi) is 6.52. The fourth-order valence-corrected chi connectivity index (χ4v) is 4.29. The van der Waals surface area contributed by atoms with E-state index in [9.17, 15) is 4.79 Å². The zero-order chi connectivity index (χ0) is 17.6. The van der Waals surface area contributed by atoms with Crippen LogP contribution in [0.3, 0.4) is 0 Å². The third kappa shape index (κ3) is 5.07. The van der Waals surface area contributed by atoms with Gasteiger partial charge >= 0.3 is 0 Å². The van der Waals surface area contributed by atoms with E-state index in [0.717, 1.165) is 43.6 Å². The van der Waals surface area contributed by atoms with Gasteiger partial charge in [0.2, 0.25) is 0 Å². The van der Waals surface area contributed by atoms with Crippen molar-refractivity contribution in [3.63, 3.8) is 0 Å². The summed E-state index contributed by atoms with van der Waals surface area (Å²) in [5, 5.41) is 0. The summed E-state index contributed by atoms with van der Waals surface area (Å²) >= 11 is 0. The summed E-state index contributed by atoms with van der Waals surface area (Å²) in [6.07, 6.45) is 7.72. The second-order valence-corrected chi connectivity index (χ2v) is 8.07. The average Bonchev–Trinajstić information content (AvgIpc) is 2.67. The molecule has 1 aromatic rings. The molecular weight excluding hydrogens is 308 g/mol. The minimum Gasteiger partial charge on any atom is -0.369 e. The zero-order valence-electron chi connectivity index (χ0n) is 16.0.